The van der Waals surface area contributed by atoms with E-state index >= 15 is 0 Å². The molecule has 1 aromatic carbocycles. The molecule has 0 bridgehead atoms. The van der Waals surface area contributed by atoms with Crippen molar-refractivity contribution in [2.24, 2.45) is 5.92 Å². The molecule has 1 aliphatic rings. The van der Waals surface area contributed by atoms with Crippen LogP contribution in [0, 0.1) is 5.92 Å². The Hall–Kier alpha value is -2.70. The molecule has 0 saturated heterocycles. The zero-order valence-corrected chi connectivity index (χ0v) is 16.4. The predicted octanol–water partition coefficient (Wildman–Crippen LogP) is 3.50. The van der Waals surface area contributed by atoms with Gasteiger partial charge in [0.05, 0.1) is 15.7 Å². The highest BCUT2D eigenvalue weighted by Gasteiger charge is 2.41. The van der Waals surface area contributed by atoms with Crippen LogP contribution < -0.4 is 5.32 Å². The molecule has 0 atom stereocenters. The lowest BCUT2D eigenvalue weighted by molar-refractivity contribution is -0.145. The van der Waals surface area contributed by atoms with Crippen LogP contribution in [0.25, 0.3) is 0 Å². The Balaban J connectivity index is 1.58. The minimum absolute atomic E-state index is 0.0151. The fourth-order valence-electron chi connectivity index (χ4n) is 3.09. The average Bonchev–Trinajstić information content (AvgIpc) is 2.65. The highest BCUT2D eigenvalue weighted by molar-refractivity contribution is 7.92. The molecule has 1 fully saturated rings. The van der Waals surface area contributed by atoms with Gasteiger partial charge in [0.2, 0.25) is 5.82 Å². The van der Waals surface area contributed by atoms with Gasteiger partial charge >= 0.3 is 12.4 Å². The minimum Gasteiger partial charge on any atom is -0.350 e. The van der Waals surface area contributed by atoms with Crippen LogP contribution in [-0.4, -0.2) is 36.1 Å². The normalized spacial score (nSPS) is 19.5. The number of carbonyl (C=O) groups is 1. The first kappa shape index (κ1) is 23.0. The quantitative estimate of drug-likeness (QED) is 0.680. The third kappa shape index (κ3) is 5.14. The highest BCUT2D eigenvalue weighted by atomic mass is 32.2. The average molecular weight is 467 g/mol. The van der Waals surface area contributed by atoms with Crippen molar-refractivity contribution >= 4 is 15.7 Å². The second-order valence-corrected chi connectivity index (χ2v) is 9.23. The van der Waals surface area contributed by atoms with Crippen LogP contribution in [-0.2, 0) is 22.2 Å². The zero-order valence-electron chi connectivity index (χ0n) is 15.5. The number of halogens is 6. The van der Waals surface area contributed by atoms with Crippen LogP contribution in [0.1, 0.15) is 34.7 Å². The van der Waals surface area contributed by atoms with E-state index in [0.29, 0.717) is 6.07 Å². The Morgan fingerprint density at radius 1 is 1.06 bits per heavy atom. The molecule has 1 aliphatic carbocycles. The van der Waals surface area contributed by atoms with Gasteiger partial charge in [-0.25, -0.2) is 18.4 Å². The summed E-state index contributed by atoms with van der Waals surface area (Å²) in [4.78, 5) is 17.8. The Morgan fingerprint density at radius 3 is 2.35 bits per heavy atom. The van der Waals surface area contributed by atoms with E-state index < -0.39 is 55.3 Å². The molecule has 31 heavy (non-hydrogen) atoms. The number of hydrogen-bond donors (Lipinski definition) is 1. The molecule has 0 spiro atoms. The number of carbonyl (C=O) groups excluding carboxylic acids is 1. The summed E-state index contributed by atoms with van der Waals surface area (Å²) in [5.41, 5.74) is -1.56. The summed E-state index contributed by atoms with van der Waals surface area (Å²) < 4.78 is 101. The monoisotopic (exact) mass is 467 g/mol. The summed E-state index contributed by atoms with van der Waals surface area (Å²) in [6.07, 6.45) is -8.50. The van der Waals surface area contributed by atoms with Crippen molar-refractivity contribution in [1.29, 1.82) is 0 Å². The van der Waals surface area contributed by atoms with Crippen molar-refractivity contribution in [3.05, 3.63) is 53.6 Å². The van der Waals surface area contributed by atoms with E-state index in [1.165, 1.54) is 0 Å². The van der Waals surface area contributed by atoms with Gasteiger partial charge in [-0.15, -0.1) is 0 Å². The first-order valence-corrected chi connectivity index (χ1v) is 10.4. The number of aromatic nitrogens is 2. The van der Waals surface area contributed by atoms with E-state index in [4.69, 9.17) is 0 Å². The van der Waals surface area contributed by atoms with Crippen LogP contribution in [0.4, 0.5) is 26.3 Å². The summed E-state index contributed by atoms with van der Waals surface area (Å²) in [5.74, 6) is -2.63. The maximum absolute atomic E-state index is 12.8. The van der Waals surface area contributed by atoms with Crippen molar-refractivity contribution in [1.82, 2.24) is 15.3 Å². The standard InChI is InChI=1S/C18H15F6N3O3S/c19-17(20,21)11-2-1-3-12(8-11)31(29,30)13-6-10(7-13)9-26-15(28)14-4-5-25-16(27-14)18(22,23)24/h1-5,8,10,13H,6-7,9H2,(H,26,28)/t10-,13+. The van der Waals surface area contributed by atoms with E-state index in [9.17, 15) is 39.6 Å². The fraction of sp³-hybridized carbons (Fsp3) is 0.389. The minimum atomic E-state index is -4.81. The second-order valence-electron chi connectivity index (χ2n) is 7.00. The molecule has 1 heterocycles. The molecule has 0 aliphatic heterocycles. The molecular weight excluding hydrogens is 452 g/mol. The smallest absolute Gasteiger partial charge is 0.350 e. The van der Waals surface area contributed by atoms with E-state index in [1.807, 2.05) is 0 Å². The molecule has 13 heteroatoms. The molecule has 1 amide bonds. The van der Waals surface area contributed by atoms with Crippen molar-refractivity contribution < 1.29 is 39.6 Å². The van der Waals surface area contributed by atoms with Gasteiger partial charge < -0.3 is 5.32 Å². The number of sulfone groups is 1. The second kappa shape index (κ2) is 8.09. The Kier molecular flexibility index (Phi) is 6.00. The van der Waals surface area contributed by atoms with Crippen molar-refractivity contribution in [2.45, 2.75) is 35.3 Å². The van der Waals surface area contributed by atoms with Crippen LogP contribution >= 0.6 is 0 Å². The zero-order chi connectivity index (χ0) is 23.0. The number of benzene rings is 1. The predicted molar refractivity (Wildman–Crippen MR) is 94.5 cm³/mol. The van der Waals surface area contributed by atoms with Gasteiger partial charge in [-0.2, -0.15) is 26.3 Å². The number of amides is 1. The third-order valence-corrected chi connectivity index (χ3v) is 6.99. The fourth-order valence-corrected chi connectivity index (χ4v) is 5.08. The van der Waals surface area contributed by atoms with E-state index in [2.05, 4.69) is 15.3 Å². The van der Waals surface area contributed by atoms with Gasteiger partial charge in [0.15, 0.2) is 9.84 Å². The van der Waals surface area contributed by atoms with Crippen LogP contribution in [0.2, 0.25) is 0 Å². The Labute approximate surface area is 172 Å². The molecule has 0 radical (unpaired) electrons. The molecule has 1 aromatic heterocycles. The van der Waals surface area contributed by atoms with Gasteiger partial charge in [0.25, 0.3) is 5.91 Å². The molecular formula is C18H15F6N3O3S. The Morgan fingerprint density at radius 2 is 1.74 bits per heavy atom. The van der Waals surface area contributed by atoms with Gasteiger partial charge in [0.1, 0.15) is 5.69 Å². The third-order valence-electron chi connectivity index (χ3n) is 4.81. The van der Waals surface area contributed by atoms with Gasteiger partial charge in [-0.05, 0) is 43.0 Å². The summed E-state index contributed by atoms with van der Waals surface area (Å²) in [7, 11) is -3.99. The van der Waals surface area contributed by atoms with E-state index in [1.54, 1.807) is 0 Å². The highest BCUT2D eigenvalue weighted by Crippen LogP contribution is 2.37. The summed E-state index contributed by atoms with van der Waals surface area (Å²) in [5, 5.41) is 1.47. The SMILES string of the molecule is O=C(NC[C@H]1C[C@@H](S(=O)(=O)c2cccc(C(F)(F)F)c2)C1)c1ccnc(C(F)(F)F)n1. The topological polar surface area (TPSA) is 89.0 Å². The molecule has 168 valence electrons. The van der Waals surface area contributed by atoms with Crippen molar-refractivity contribution in [3.63, 3.8) is 0 Å². The van der Waals surface area contributed by atoms with Crippen LogP contribution in [0.5, 0.6) is 0 Å². The van der Waals surface area contributed by atoms with Crippen molar-refractivity contribution in [3.8, 4) is 0 Å². The molecule has 3 rings (SSSR count). The maximum atomic E-state index is 12.8. The lowest BCUT2D eigenvalue weighted by atomic mass is 9.85. The van der Waals surface area contributed by atoms with E-state index in [0.717, 1.165) is 30.5 Å². The van der Waals surface area contributed by atoms with E-state index in [-0.39, 0.29) is 25.3 Å². The first-order valence-electron chi connectivity index (χ1n) is 8.88. The number of alkyl halides is 6. The molecule has 2 aromatic rings. The van der Waals surface area contributed by atoms with Crippen molar-refractivity contribution in [2.75, 3.05) is 6.54 Å². The maximum Gasteiger partial charge on any atom is 0.451 e. The summed E-state index contributed by atoms with van der Waals surface area (Å²) in [6.45, 7) is -0.0151. The number of nitrogens with one attached hydrogen (secondary N) is 1. The summed E-state index contributed by atoms with van der Waals surface area (Å²) >= 11 is 0. The summed E-state index contributed by atoms with van der Waals surface area (Å²) in [6, 6.07) is 4.47. The molecule has 1 N–H and O–H groups in total. The lowest BCUT2D eigenvalue weighted by Gasteiger charge is -2.35. The van der Waals surface area contributed by atoms with Gasteiger partial charge in [-0.1, -0.05) is 6.07 Å². The number of rotatable bonds is 5. The first-order chi connectivity index (χ1) is 14.3. The van der Waals surface area contributed by atoms with Crippen LogP contribution in [0.15, 0.2) is 41.4 Å². The van der Waals surface area contributed by atoms with Crippen LogP contribution in [0.3, 0.4) is 0 Å². The van der Waals surface area contributed by atoms with Gasteiger partial charge in [0, 0.05) is 12.7 Å². The molecule has 0 unspecified atom stereocenters. The molecule has 6 nitrogen and oxygen atoms in total. The largest absolute Gasteiger partial charge is 0.451 e. The lowest BCUT2D eigenvalue weighted by Crippen LogP contribution is -2.42. The number of nitrogens with zero attached hydrogens (tertiary/aromatic N) is 2. The Bertz CT molecular complexity index is 1080. The number of hydrogen-bond acceptors (Lipinski definition) is 5. The molecule has 1 saturated carbocycles. The van der Waals surface area contributed by atoms with Gasteiger partial charge in [-0.3, -0.25) is 4.79 Å².